The van der Waals surface area contributed by atoms with Crippen LogP contribution in [-0.4, -0.2) is 35.2 Å². The molecule has 0 fully saturated rings. The van der Waals surface area contributed by atoms with Crippen LogP contribution in [0.25, 0.3) is 0 Å². The molecule has 0 spiro atoms. The van der Waals surface area contributed by atoms with Crippen LogP contribution in [0.4, 0.5) is 0 Å². The summed E-state index contributed by atoms with van der Waals surface area (Å²) in [4.78, 5) is 29.2. The highest BCUT2D eigenvalue weighted by Gasteiger charge is 2.26. The van der Waals surface area contributed by atoms with E-state index >= 15 is 0 Å². The fourth-order valence-electron chi connectivity index (χ4n) is 1.39. The number of hydrogen-bond donors (Lipinski definition) is 0. The van der Waals surface area contributed by atoms with Gasteiger partial charge in [0, 0.05) is 26.9 Å². The molecule has 1 aromatic rings. The third kappa shape index (κ3) is 1.33. The average Bonchev–Trinajstić information content (AvgIpc) is 2.56. The third-order valence-corrected chi connectivity index (χ3v) is 3.41. The van der Waals surface area contributed by atoms with Crippen LogP contribution in [0.15, 0.2) is 0 Å². The molecular formula is C9H10N2O2S. The Kier molecular flexibility index (Phi) is 2.11. The minimum atomic E-state index is -0.0696. The molecule has 74 valence electrons. The number of fused-ring (bicyclic) bond motifs is 1. The number of hydrogen-bond acceptors (Lipinski definition) is 4. The van der Waals surface area contributed by atoms with E-state index in [0.29, 0.717) is 16.4 Å². The molecule has 0 aliphatic carbocycles. The molecule has 1 aliphatic heterocycles. The number of rotatable bonds is 1. The maximum Gasteiger partial charge on any atom is 0.265 e. The van der Waals surface area contributed by atoms with Crippen molar-refractivity contribution < 1.29 is 9.59 Å². The van der Waals surface area contributed by atoms with Gasteiger partial charge in [-0.3, -0.25) is 9.59 Å². The maximum absolute atomic E-state index is 11.6. The molecule has 0 radical (unpaired) electrons. The minimum Gasteiger partial charge on any atom is -0.341 e. The van der Waals surface area contributed by atoms with Crippen LogP contribution < -0.4 is 0 Å². The summed E-state index contributed by atoms with van der Waals surface area (Å²) in [6.45, 7) is 2.16. The monoisotopic (exact) mass is 210 g/mol. The van der Waals surface area contributed by atoms with Gasteiger partial charge >= 0.3 is 0 Å². The van der Waals surface area contributed by atoms with Gasteiger partial charge in [-0.2, -0.15) is 0 Å². The van der Waals surface area contributed by atoms with Crippen molar-refractivity contribution >= 4 is 23.0 Å². The standard InChI is InChI=1S/C9H10N2O2S/c1-5(12)8-10-6-3-4-11(2)9(13)7(6)14-8/h3-4H2,1-2H3. The number of nitrogens with zero attached hydrogens (tertiary/aromatic N) is 2. The van der Waals surface area contributed by atoms with Crippen molar-refractivity contribution in [2.24, 2.45) is 0 Å². The summed E-state index contributed by atoms with van der Waals surface area (Å²) < 4.78 is 0. The highest BCUT2D eigenvalue weighted by atomic mass is 32.1. The van der Waals surface area contributed by atoms with E-state index in [-0.39, 0.29) is 11.7 Å². The molecule has 2 rings (SSSR count). The minimum absolute atomic E-state index is 0.0174. The van der Waals surface area contributed by atoms with E-state index < -0.39 is 0 Å². The lowest BCUT2D eigenvalue weighted by molar-refractivity contribution is 0.0785. The Balaban J connectivity index is 2.46. The lowest BCUT2D eigenvalue weighted by atomic mass is 10.2. The van der Waals surface area contributed by atoms with Gasteiger partial charge < -0.3 is 4.90 Å². The normalized spacial score (nSPS) is 15.6. The van der Waals surface area contributed by atoms with Crippen molar-refractivity contribution in [3.63, 3.8) is 0 Å². The first-order valence-corrected chi connectivity index (χ1v) is 5.17. The van der Waals surface area contributed by atoms with Gasteiger partial charge in [-0.15, -0.1) is 11.3 Å². The number of carbonyl (C=O) groups excluding carboxylic acids is 2. The molecule has 1 amide bonds. The number of ketones is 1. The molecule has 0 bridgehead atoms. The zero-order valence-corrected chi connectivity index (χ0v) is 8.85. The molecule has 0 N–H and O–H groups in total. The van der Waals surface area contributed by atoms with Crippen LogP contribution >= 0.6 is 11.3 Å². The van der Waals surface area contributed by atoms with Crippen LogP contribution in [0.3, 0.4) is 0 Å². The molecule has 5 heteroatoms. The Morgan fingerprint density at radius 3 is 2.93 bits per heavy atom. The molecule has 0 atom stereocenters. The molecule has 2 heterocycles. The summed E-state index contributed by atoms with van der Waals surface area (Å²) in [6, 6.07) is 0. The molecule has 0 saturated carbocycles. The van der Waals surface area contributed by atoms with Crippen LogP contribution in [-0.2, 0) is 6.42 Å². The lowest BCUT2D eigenvalue weighted by Gasteiger charge is -2.20. The first kappa shape index (κ1) is 9.33. The number of aromatic nitrogens is 1. The third-order valence-electron chi connectivity index (χ3n) is 2.22. The van der Waals surface area contributed by atoms with Crippen molar-refractivity contribution in [1.82, 2.24) is 9.88 Å². The van der Waals surface area contributed by atoms with Crippen molar-refractivity contribution in [2.75, 3.05) is 13.6 Å². The zero-order chi connectivity index (χ0) is 10.3. The first-order valence-electron chi connectivity index (χ1n) is 4.35. The summed E-state index contributed by atoms with van der Waals surface area (Å²) in [5.41, 5.74) is 0.781. The fraction of sp³-hybridized carbons (Fsp3) is 0.444. The summed E-state index contributed by atoms with van der Waals surface area (Å²) in [5, 5.41) is 0.443. The number of thiazole rings is 1. The van der Waals surface area contributed by atoms with Crippen LogP contribution in [0, 0.1) is 0 Å². The van der Waals surface area contributed by atoms with Crippen molar-refractivity contribution in [3.8, 4) is 0 Å². The largest absolute Gasteiger partial charge is 0.341 e. The Labute approximate surface area is 85.6 Å². The quantitative estimate of drug-likeness (QED) is 0.649. The van der Waals surface area contributed by atoms with Gasteiger partial charge in [0.1, 0.15) is 4.88 Å². The van der Waals surface area contributed by atoms with Gasteiger partial charge in [-0.05, 0) is 0 Å². The highest BCUT2D eigenvalue weighted by Crippen LogP contribution is 2.24. The molecular weight excluding hydrogens is 200 g/mol. The molecule has 0 aromatic carbocycles. The van der Waals surface area contributed by atoms with E-state index in [1.165, 1.54) is 18.3 Å². The van der Waals surface area contributed by atoms with Crippen LogP contribution in [0.2, 0.25) is 0 Å². The number of amides is 1. The van der Waals surface area contributed by atoms with Crippen molar-refractivity contribution in [1.29, 1.82) is 0 Å². The van der Waals surface area contributed by atoms with Gasteiger partial charge in [0.2, 0.25) is 0 Å². The van der Waals surface area contributed by atoms with E-state index in [1.807, 2.05) is 0 Å². The van der Waals surface area contributed by atoms with E-state index in [0.717, 1.165) is 12.1 Å². The fourth-order valence-corrected chi connectivity index (χ4v) is 2.39. The molecule has 0 unspecified atom stereocenters. The van der Waals surface area contributed by atoms with Crippen molar-refractivity contribution in [3.05, 3.63) is 15.6 Å². The lowest BCUT2D eigenvalue weighted by Crippen LogP contribution is -2.33. The summed E-state index contributed by atoms with van der Waals surface area (Å²) >= 11 is 1.20. The second-order valence-electron chi connectivity index (χ2n) is 3.33. The molecule has 1 aromatic heterocycles. The predicted molar refractivity (Wildman–Crippen MR) is 52.8 cm³/mol. The smallest absolute Gasteiger partial charge is 0.265 e. The first-order chi connectivity index (χ1) is 6.59. The van der Waals surface area contributed by atoms with E-state index in [2.05, 4.69) is 4.98 Å². The van der Waals surface area contributed by atoms with E-state index in [1.54, 1.807) is 11.9 Å². The molecule has 0 saturated heterocycles. The number of Topliss-reactive ketones (excluding diaryl/α,β-unsaturated/α-hetero) is 1. The zero-order valence-electron chi connectivity index (χ0n) is 8.03. The molecule has 1 aliphatic rings. The second-order valence-corrected chi connectivity index (χ2v) is 4.33. The summed E-state index contributed by atoms with van der Waals surface area (Å²) in [7, 11) is 1.76. The molecule has 4 nitrogen and oxygen atoms in total. The Morgan fingerprint density at radius 1 is 1.57 bits per heavy atom. The SMILES string of the molecule is CC(=O)c1nc2c(s1)C(=O)N(C)CC2. The van der Waals surface area contributed by atoms with Crippen LogP contribution in [0.5, 0.6) is 0 Å². The number of likely N-dealkylation sites (N-methyl/N-ethyl adjacent to an activating group) is 1. The van der Waals surface area contributed by atoms with E-state index in [9.17, 15) is 9.59 Å². The second kappa shape index (κ2) is 3.16. The van der Waals surface area contributed by atoms with Gasteiger partial charge in [0.15, 0.2) is 10.8 Å². The van der Waals surface area contributed by atoms with E-state index in [4.69, 9.17) is 0 Å². The van der Waals surface area contributed by atoms with Gasteiger partial charge in [0.25, 0.3) is 5.91 Å². The summed E-state index contributed by atoms with van der Waals surface area (Å²) in [5.74, 6) is -0.0869. The Morgan fingerprint density at radius 2 is 2.29 bits per heavy atom. The number of carbonyl (C=O) groups is 2. The Bertz CT molecular complexity index is 411. The molecule has 14 heavy (non-hydrogen) atoms. The topological polar surface area (TPSA) is 50.3 Å². The Hall–Kier alpha value is -1.23. The average molecular weight is 210 g/mol. The van der Waals surface area contributed by atoms with Gasteiger partial charge in [-0.1, -0.05) is 0 Å². The van der Waals surface area contributed by atoms with Gasteiger partial charge in [-0.25, -0.2) is 4.98 Å². The van der Waals surface area contributed by atoms with Crippen molar-refractivity contribution in [2.45, 2.75) is 13.3 Å². The highest BCUT2D eigenvalue weighted by molar-refractivity contribution is 7.15. The van der Waals surface area contributed by atoms with Gasteiger partial charge in [0.05, 0.1) is 5.69 Å². The van der Waals surface area contributed by atoms with Crippen LogP contribution in [0.1, 0.15) is 32.1 Å². The summed E-state index contributed by atoms with van der Waals surface area (Å²) in [6.07, 6.45) is 0.751. The predicted octanol–water partition coefficient (Wildman–Crippen LogP) is 0.974. The maximum atomic E-state index is 11.6.